The van der Waals surface area contributed by atoms with Crippen LogP contribution < -0.4 is 0 Å². The lowest BCUT2D eigenvalue weighted by atomic mass is 10.1. The topological polar surface area (TPSA) is 40.5 Å². The average molecular weight is 244 g/mol. The first-order valence-corrected chi connectivity index (χ1v) is 5.91. The number of phenols is 2. The van der Waals surface area contributed by atoms with E-state index in [4.69, 9.17) is 10.2 Å². The number of benzene rings is 2. The summed E-state index contributed by atoms with van der Waals surface area (Å²) in [5, 5.41) is 18.0. The molecule has 0 aliphatic rings. The van der Waals surface area contributed by atoms with Crippen LogP contribution in [0.4, 0.5) is 0 Å². The van der Waals surface area contributed by atoms with Crippen molar-refractivity contribution in [3.63, 3.8) is 0 Å². The van der Waals surface area contributed by atoms with E-state index in [-0.39, 0.29) is 0 Å². The van der Waals surface area contributed by atoms with Crippen molar-refractivity contribution in [1.29, 1.82) is 0 Å². The number of hydrogen-bond donors (Lipinski definition) is 2. The van der Waals surface area contributed by atoms with Crippen molar-refractivity contribution in [2.75, 3.05) is 0 Å². The number of hydrogen-bond acceptors (Lipinski definition) is 2. The molecule has 2 N–H and O–H groups in total. The molecule has 0 radical (unpaired) electrons. The van der Waals surface area contributed by atoms with Crippen LogP contribution in [-0.4, -0.2) is 10.2 Å². The molecule has 0 spiro atoms. The summed E-state index contributed by atoms with van der Waals surface area (Å²) in [6, 6.07) is 11.0. The minimum absolute atomic E-state index is 0.354. The Morgan fingerprint density at radius 2 is 0.722 bits per heavy atom. The normalized spacial score (nSPS) is 9.56. The van der Waals surface area contributed by atoms with Gasteiger partial charge in [0.15, 0.2) is 0 Å². The van der Waals surface area contributed by atoms with Crippen LogP contribution >= 0.6 is 0 Å². The maximum atomic E-state index is 8.99. The van der Waals surface area contributed by atoms with Crippen molar-refractivity contribution in [3.8, 4) is 11.5 Å². The van der Waals surface area contributed by atoms with E-state index >= 15 is 0 Å². The summed E-state index contributed by atoms with van der Waals surface area (Å²) in [5.74, 6) is 0.708. The van der Waals surface area contributed by atoms with Crippen molar-refractivity contribution in [3.05, 3.63) is 58.7 Å². The van der Waals surface area contributed by atoms with Gasteiger partial charge in [-0.2, -0.15) is 0 Å². The van der Waals surface area contributed by atoms with Gasteiger partial charge in [0.05, 0.1) is 0 Å². The highest BCUT2D eigenvalue weighted by atomic mass is 16.3. The van der Waals surface area contributed by atoms with Crippen LogP contribution in [0.1, 0.15) is 22.3 Å². The zero-order valence-corrected chi connectivity index (χ0v) is 11.4. The van der Waals surface area contributed by atoms with Gasteiger partial charge in [-0.1, -0.05) is 12.1 Å². The van der Waals surface area contributed by atoms with E-state index in [0.717, 1.165) is 22.3 Å². The molecule has 0 aliphatic heterocycles. The molecule has 0 amide bonds. The molecule has 0 unspecified atom stereocenters. The van der Waals surface area contributed by atoms with Crippen LogP contribution in [0.5, 0.6) is 11.5 Å². The summed E-state index contributed by atoms with van der Waals surface area (Å²) in [7, 11) is 0. The molecule has 96 valence electrons. The highest BCUT2D eigenvalue weighted by Crippen LogP contribution is 2.13. The summed E-state index contributed by atoms with van der Waals surface area (Å²) in [6.07, 6.45) is 0. The van der Waals surface area contributed by atoms with Crippen molar-refractivity contribution in [1.82, 2.24) is 0 Å². The molecule has 2 aromatic rings. The summed E-state index contributed by atoms with van der Waals surface area (Å²) < 4.78 is 0. The van der Waals surface area contributed by atoms with Gasteiger partial charge < -0.3 is 10.2 Å². The van der Waals surface area contributed by atoms with Crippen LogP contribution in [0, 0.1) is 27.7 Å². The Labute approximate surface area is 109 Å². The molecule has 0 heterocycles. The zero-order chi connectivity index (χ0) is 13.7. The third kappa shape index (κ3) is 4.91. The molecule has 18 heavy (non-hydrogen) atoms. The van der Waals surface area contributed by atoms with Gasteiger partial charge in [-0.15, -0.1) is 0 Å². The van der Waals surface area contributed by atoms with Crippen molar-refractivity contribution >= 4 is 0 Å². The third-order valence-corrected chi connectivity index (χ3v) is 2.41. The number of rotatable bonds is 0. The fourth-order valence-corrected chi connectivity index (χ4v) is 1.90. The second-order valence-corrected chi connectivity index (χ2v) is 4.69. The molecule has 0 atom stereocenters. The van der Waals surface area contributed by atoms with E-state index in [2.05, 4.69) is 0 Å². The Kier molecular flexibility index (Phi) is 4.78. The van der Waals surface area contributed by atoms with Gasteiger partial charge >= 0.3 is 0 Å². The van der Waals surface area contributed by atoms with Crippen LogP contribution in [0.15, 0.2) is 36.4 Å². The Morgan fingerprint density at radius 3 is 0.889 bits per heavy atom. The quantitative estimate of drug-likeness (QED) is 0.735. The first-order valence-electron chi connectivity index (χ1n) is 5.91. The SMILES string of the molecule is Cc1cc(C)cc(O)c1.Cc1cc(C)cc(O)c1. The summed E-state index contributed by atoms with van der Waals surface area (Å²) >= 11 is 0. The fourth-order valence-electron chi connectivity index (χ4n) is 1.90. The molecule has 2 heteroatoms. The second-order valence-electron chi connectivity index (χ2n) is 4.69. The lowest BCUT2D eigenvalue weighted by Crippen LogP contribution is -1.74. The summed E-state index contributed by atoms with van der Waals surface area (Å²) in [4.78, 5) is 0. The first kappa shape index (κ1) is 14.1. The molecule has 0 aromatic heterocycles. The summed E-state index contributed by atoms with van der Waals surface area (Å²) in [6.45, 7) is 7.86. The Morgan fingerprint density at radius 1 is 0.500 bits per heavy atom. The van der Waals surface area contributed by atoms with Crippen LogP contribution in [0.25, 0.3) is 0 Å². The molecular weight excluding hydrogens is 224 g/mol. The molecule has 0 bridgehead atoms. The average Bonchev–Trinajstić information content (AvgIpc) is 2.12. The van der Waals surface area contributed by atoms with E-state index in [1.165, 1.54) is 0 Å². The van der Waals surface area contributed by atoms with Crippen LogP contribution in [-0.2, 0) is 0 Å². The first-order chi connectivity index (χ1) is 8.36. The Bertz CT molecular complexity index is 380. The van der Waals surface area contributed by atoms with E-state index in [1.807, 2.05) is 39.8 Å². The van der Waals surface area contributed by atoms with E-state index in [0.29, 0.717) is 11.5 Å². The Balaban J connectivity index is 0.000000180. The maximum Gasteiger partial charge on any atom is 0.116 e. The standard InChI is InChI=1S/2C8H10O/c2*1-6-3-7(2)5-8(9)4-6/h2*3-5,9H,1-2H3. The highest BCUT2D eigenvalue weighted by molar-refractivity contribution is 5.32. The van der Waals surface area contributed by atoms with E-state index in [1.54, 1.807) is 24.3 Å². The predicted molar refractivity (Wildman–Crippen MR) is 75.2 cm³/mol. The van der Waals surface area contributed by atoms with Crippen molar-refractivity contribution in [2.45, 2.75) is 27.7 Å². The Hall–Kier alpha value is -1.96. The van der Waals surface area contributed by atoms with Crippen LogP contribution in [0.2, 0.25) is 0 Å². The third-order valence-electron chi connectivity index (χ3n) is 2.41. The fraction of sp³-hybridized carbons (Fsp3) is 0.250. The minimum atomic E-state index is 0.354. The smallest absolute Gasteiger partial charge is 0.116 e. The van der Waals surface area contributed by atoms with Gasteiger partial charge in [-0.3, -0.25) is 0 Å². The van der Waals surface area contributed by atoms with Gasteiger partial charge in [0.25, 0.3) is 0 Å². The highest BCUT2D eigenvalue weighted by Gasteiger charge is 1.90. The lowest BCUT2D eigenvalue weighted by Gasteiger charge is -1.95. The molecule has 2 rings (SSSR count). The van der Waals surface area contributed by atoms with Gasteiger partial charge in [0.2, 0.25) is 0 Å². The van der Waals surface area contributed by atoms with Gasteiger partial charge in [0.1, 0.15) is 11.5 Å². The number of phenolic OH excluding ortho intramolecular Hbond substituents is 2. The van der Waals surface area contributed by atoms with E-state index in [9.17, 15) is 0 Å². The molecule has 0 fully saturated rings. The van der Waals surface area contributed by atoms with Gasteiger partial charge in [-0.25, -0.2) is 0 Å². The largest absolute Gasteiger partial charge is 0.508 e. The lowest BCUT2D eigenvalue weighted by molar-refractivity contribution is 0.474. The van der Waals surface area contributed by atoms with Crippen molar-refractivity contribution in [2.24, 2.45) is 0 Å². The molecule has 2 aromatic carbocycles. The molecular formula is C16H20O2. The molecule has 0 saturated heterocycles. The van der Waals surface area contributed by atoms with Gasteiger partial charge in [0, 0.05) is 0 Å². The minimum Gasteiger partial charge on any atom is -0.508 e. The molecule has 0 saturated carbocycles. The molecule has 0 aliphatic carbocycles. The van der Waals surface area contributed by atoms with Crippen LogP contribution in [0.3, 0.4) is 0 Å². The monoisotopic (exact) mass is 244 g/mol. The maximum absolute atomic E-state index is 8.99. The molecule has 2 nitrogen and oxygen atoms in total. The van der Waals surface area contributed by atoms with Crippen molar-refractivity contribution < 1.29 is 10.2 Å². The zero-order valence-electron chi connectivity index (χ0n) is 11.4. The number of aryl methyl sites for hydroxylation is 4. The van der Waals surface area contributed by atoms with E-state index < -0.39 is 0 Å². The number of aromatic hydroxyl groups is 2. The summed E-state index contributed by atoms with van der Waals surface area (Å²) in [5.41, 5.74) is 4.42. The van der Waals surface area contributed by atoms with Gasteiger partial charge in [-0.05, 0) is 74.2 Å². The second kappa shape index (κ2) is 6.10. The predicted octanol–water partition coefficient (Wildman–Crippen LogP) is 4.02.